The van der Waals surface area contributed by atoms with Crippen LogP contribution in [0.1, 0.15) is 12.0 Å². The number of benzene rings is 1. The van der Waals surface area contributed by atoms with Gasteiger partial charge in [0.05, 0.1) is 22.7 Å². The molecule has 1 aromatic carbocycles. The summed E-state index contributed by atoms with van der Waals surface area (Å²) in [5.41, 5.74) is 0.600. The Morgan fingerprint density at radius 2 is 2.06 bits per heavy atom. The Morgan fingerprint density at radius 1 is 1.41 bits per heavy atom. The molecule has 0 aliphatic rings. The van der Waals surface area contributed by atoms with Gasteiger partial charge in [-0.3, -0.25) is 0 Å². The number of halogens is 4. The van der Waals surface area contributed by atoms with E-state index in [-0.39, 0.29) is 17.1 Å². The maximum Gasteiger partial charge on any atom is 0.390 e. The number of nitriles is 1. The van der Waals surface area contributed by atoms with Gasteiger partial charge in [-0.05, 0) is 12.1 Å². The third-order valence-electron chi connectivity index (χ3n) is 2.25. The lowest BCUT2D eigenvalue weighted by Crippen LogP contribution is -2.24. The third-order valence-corrected chi connectivity index (χ3v) is 2.56. The van der Waals surface area contributed by atoms with Crippen LogP contribution >= 0.6 is 11.6 Å². The molecule has 0 aliphatic carbocycles. The number of nitrogens with zero attached hydrogens (tertiary/aromatic N) is 2. The van der Waals surface area contributed by atoms with E-state index >= 15 is 0 Å². The lowest BCUT2D eigenvalue weighted by molar-refractivity contribution is -0.132. The highest BCUT2D eigenvalue weighted by Gasteiger charge is 2.27. The molecule has 17 heavy (non-hydrogen) atoms. The van der Waals surface area contributed by atoms with E-state index in [4.69, 9.17) is 16.9 Å². The number of anilines is 1. The molecule has 0 aliphatic heterocycles. The summed E-state index contributed by atoms with van der Waals surface area (Å²) >= 11 is 5.79. The van der Waals surface area contributed by atoms with Crippen molar-refractivity contribution in [1.82, 2.24) is 0 Å². The fourth-order valence-electron chi connectivity index (χ4n) is 1.36. The number of hydrogen-bond donors (Lipinski definition) is 0. The van der Waals surface area contributed by atoms with Crippen molar-refractivity contribution in [2.75, 3.05) is 18.5 Å². The first-order valence-electron chi connectivity index (χ1n) is 4.81. The second-order valence-corrected chi connectivity index (χ2v) is 3.94. The van der Waals surface area contributed by atoms with E-state index in [1.807, 2.05) is 6.07 Å². The minimum Gasteiger partial charge on any atom is -0.373 e. The van der Waals surface area contributed by atoms with Gasteiger partial charge in [0, 0.05) is 13.6 Å². The molecule has 0 saturated heterocycles. The Kier molecular flexibility index (Phi) is 4.24. The summed E-state index contributed by atoms with van der Waals surface area (Å²) < 4.78 is 36.2. The lowest BCUT2D eigenvalue weighted by atomic mass is 10.1. The summed E-state index contributed by atoms with van der Waals surface area (Å²) in [7, 11) is 1.50. The van der Waals surface area contributed by atoms with Gasteiger partial charge in [0.2, 0.25) is 0 Å². The van der Waals surface area contributed by atoms with Crippen LogP contribution in [0, 0.1) is 11.3 Å². The van der Waals surface area contributed by atoms with Crippen LogP contribution in [0.25, 0.3) is 0 Å². The van der Waals surface area contributed by atoms with E-state index < -0.39 is 12.6 Å². The number of alkyl halides is 3. The molecular formula is C11H10ClF3N2. The van der Waals surface area contributed by atoms with Crippen molar-refractivity contribution in [3.63, 3.8) is 0 Å². The normalized spacial score (nSPS) is 11.1. The van der Waals surface area contributed by atoms with Gasteiger partial charge in [-0.1, -0.05) is 17.7 Å². The van der Waals surface area contributed by atoms with Crippen molar-refractivity contribution in [1.29, 1.82) is 5.26 Å². The molecule has 0 unspecified atom stereocenters. The summed E-state index contributed by atoms with van der Waals surface area (Å²) in [6.07, 6.45) is -5.14. The molecule has 1 rings (SSSR count). The molecule has 0 spiro atoms. The van der Waals surface area contributed by atoms with E-state index in [1.165, 1.54) is 18.0 Å². The van der Waals surface area contributed by atoms with E-state index in [2.05, 4.69) is 0 Å². The van der Waals surface area contributed by atoms with Crippen LogP contribution in [0.5, 0.6) is 0 Å². The quantitative estimate of drug-likeness (QED) is 0.832. The van der Waals surface area contributed by atoms with Gasteiger partial charge in [-0.2, -0.15) is 18.4 Å². The summed E-state index contributed by atoms with van der Waals surface area (Å²) in [4.78, 5) is 1.37. The summed E-state index contributed by atoms with van der Waals surface area (Å²) in [5, 5.41) is 9.13. The Labute approximate surface area is 102 Å². The Balaban J connectivity index is 2.87. The van der Waals surface area contributed by atoms with Crippen molar-refractivity contribution >= 4 is 17.3 Å². The standard InChI is InChI=1S/C11H10ClF3N2/c1-17(6-5-11(13,14)15)10-4-2-3-9(12)8(10)7-16/h2-4H,5-6H2,1H3. The minimum absolute atomic E-state index is 0.193. The van der Waals surface area contributed by atoms with Gasteiger partial charge in [-0.25, -0.2) is 0 Å². The van der Waals surface area contributed by atoms with Crippen molar-refractivity contribution < 1.29 is 13.2 Å². The Hall–Kier alpha value is -1.41. The van der Waals surface area contributed by atoms with Crippen molar-refractivity contribution in [2.45, 2.75) is 12.6 Å². The van der Waals surface area contributed by atoms with Crippen LogP contribution in [0.3, 0.4) is 0 Å². The highest BCUT2D eigenvalue weighted by atomic mass is 35.5. The zero-order valence-electron chi connectivity index (χ0n) is 9.05. The molecule has 2 nitrogen and oxygen atoms in total. The van der Waals surface area contributed by atoms with Crippen LogP contribution in [-0.4, -0.2) is 19.8 Å². The SMILES string of the molecule is CN(CCC(F)(F)F)c1cccc(Cl)c1C#N. The third kappa shape index (κ3) is 3.82. The molecule has 0 fully saturated rings. The van der Waals surface area contributed by atoms with Crippen molar-refractivity contribution in [3.8, 4) is 6.07 Å². The molecule has 0 N–H and O–H groups in total. The second-order valence-electron chi connectivity index (χ2n) is 3.53. The largest absolute Gasteiger partial charge is 0.390 e. The number of hydrogen-bond acceptors (Lipinski definition) is 2. The average Bonchev–Trinajstić information content (AvgIpc) is 2.24. The Morgan fingerprint density at radius 3 is 2.59 bits per heavy atom. The molecule has 92 valence electrons. The Bertz CT molecular complexity index is 437. The van der Waals surface area contributed by atoms with Gasteiger partial charge in [0.15, 0.2) is 0 Å². The molecule has 0 aromatic heterocycles. The summed E-state index contributed by atoms with van der Waals surface area (Å²) in [6.45, 7) is -0.210. The maximum atomic E-state index is 12.1. The minimum atomic E-state index is -4.21. The zero-order chi connectivity index (χ0) is 13.1. The van der Waals surface area contributed by atoms with Gasteiger partial charge in [-0.15, -0.1) is 0 Å². The first kappa shape index (κ1) is 13.7. The molecule has 0 amide bonds. The topological polar surface area (TPSA) is 27.0 Å². The lowest BCUT2D eigenvalue weighted by Gasteiger charge is -2.21. The van der Waals surface area contributed by atoms with Crippen molar-refractivity contribution in [2.24, 2.45) is 0 Å². The van der Waals surface area contributed by atoms with Crippen LogP contribution in [0.4, 0.5) is 18.9 Å². The highest BCUT2D eigenvalue weighted by molar-refractivity contribution is 6.32. The number of rotatable bonds is 3. The molecular weight excluding hydrogens is 253 g/mol. The van der Waals surface area contributed by atoms with Gasteiger partial charge >= 0.3 is 6.18 Å². The molecule has 0 radical (unpaired) electrons. The van der Waals surface area contributed by atoms with E-state index in [0.717, 1.165) is 0 Å². The van der Waals surface area contributed by atoms with Crippen LogP contribution in [-0.2, 0) is 0 Å². The molecule has 0 bridgehead atoms. The highest BCUT2D eigenvalue weighted by Crippen LogP contribution is 2.27. The smallest absolute Gasteiger partial charge is 0.373 e. The average molecular weight is 263 g/mol. The molecule has 6 heteroatoms. The van der Waals surface area contributed by atoms with Crippen LogP contribution in [0.2, 0.25) is 5.02 Å². The van der Waals surface area contributed by atoms with E-state index in [1.54, 1.807) is 12.1 Å². The first-order chi connectivity index (χ1) is 7.85. The van der Waals surface area contributed by atoms with Gasteiger partial charge < -0.3 is 4.90 Å². The van der Waals surface area contributed by atoms with Crippen LogP contribution < -0.4 is 4.90 Å². The van der Waals surface area contributed by atoms with E-state index in [0.29, 0.717) is 5.69 Å². The predicted octanol–water partition coefficient (Wildman–Crippen LogP) is 3.60. The monoisotopic (exact) mass is 262 g/mol. The fraction of sp³-hybridized carbons (Fsp3) is 0.364. The molecule has 0 atom stereocenters. The first-order valence-corrected chi connectivity index (χ1v) is 5.19. The predicted molar refractivity (Wildman–Crippen MR) is 60.1 cm³/mol. The second kappa shape index (κ2) is 5.28. The summed E-state index contributed by atoms with van der Waals surface area (Å²) in [5.74, 6) is 0. The van der Waals surface area contributed by atoms with E-state index in [9.17, 15) is 13.2 Å². The van der Waals surface area contributed by atoms with Crippen LogP contribution in [0.15, 0.2) is 18.2 Å². The molecule has 0 saturated carbocycles. The molecule has 1 aromatic rings. The zero-order valence-corrected chi connectivity index (χ0v) is 9.81. The maximum absolute atomic E-state index is 12.1. The van der Waals surface area contributed by atoms with Crippen molar-refractivity contribution in [3.05, 3.63) is 28.8 Å². The fourth-order valence-corrected chi connectivity index (χ4v) is 1.57. The molecule has 0 heterocycles. The van der Waals surface area contributed by atoms with Gasteiger partial charge in [0.1, 0.15) is 6.07 Å². The van der Waals surface area contributed by atoms with Gasteiger partial charge in [0.25, 0.3) is 0 Å². The summed E-state index contributed by atoms with van der Waals surface area (Å²) in [6, 6.07) is 6.59.